The molecule has 1 heterocycles. The minimum absolute atomic E-state index is 0.222. The van der Waals surface area contributed by atoms with E-state index in [0.29, 0.717) is 18.9 Å². The van der Waals surface area contributed by atoms with Gasteiger partial charge in [-0.15, -0.1) is 0 Å². The van der Waals surface area contributed by atoms with Gasteiger partial charge in [0.15, 0.2) is 11.6 Å². The van der Waals surface area contributed by atoms with Crippen LogP contribution >= 0.6 is 0 Å². The van der Waals surface area contributed by atoms with Gasteiger partial charge in [-0.1, -0.05) is 0 Å². The molecule has 2 rings (SSSR count). The zero-order valence-corrected chi connectivity index (χ0v) is 10.1. The molecule has 0 aliphatic carbocycles. The first-order chi connectivity index (χ1) is 8.46. The quantitative estimate of drug-likeness (QED) is 0.822. The second kappa shape index (κ2) is 4.63. The number of nitriles is 1. The number of sulfonamides is 1. The molecule has 1 aliphatic rings. The van der Waals surface area contributed by atoms with Gasteiger partial charge in [0, 0.05) is 6.54 Å². The summed E-state index contributed by atoms with van der Waals surface area (Å²) < 4.78 is 51.2. The molecule has 1 fully saturated rings. The monoisotopic (exact) mass is 272 g/mol. The molecule has 0 N–H and O–H groups in total. The van der Waals surface area contributed by atoms with Crippen molar-refractivity contribution in [2.24, 2.45) is 0 Å². The van der Waals surface area contributed by atoms with Gasteiger partial charge in [-0.25, -0.2) is 17.2 Å². The first-order valence-electron chi connectivity index (χ1n) is 5.33. The van der Waals surface area contributed by atoms with Crippen LogP contribution in [-0.2, 0) is 10.0 Å². The molecule has 1 unspecified atom stereocenters. The molecule has 4 nitrogen and oxygen atoms in total. The highest BCUT2D eigenvalue weighted by molar-refractivity contribution is 7.89. The molecule has 0 bridgehead atoms. The van der Waals surface area contributed by atoms with E-state index in [1.807, 2.05) is 6.07 Å². The number of hydrogen-bond acceptors (Lipinski definition) is 3. The Morgan fingerprint density at radius 3 is 2.67 bits per heavy atom. The van der Waals surface area contributed by atoms with E-state index in [4.69, 9.17) is 5.26 Å². The van der Waals surface area contributed by atoms with Gasteiger partial charge in [0.1, 0.15) is 6.04 Å². The molecule has 96 valence electrons. The average molecular weight is 272 g/mol. The Hall–Kier alpha value is -1.52. The molecule has 1 aliphatic heterocycles. The molecule has 0 saturated carbocycles. The second-order valence-corrected chi connectivity index (χ2v) is 5.87. The van der Waals surface area contributed by atoms with Crippen LogP contribution in [0.15, 0.2) is 23.1 Å². The maximum Gasteiger partial charge on any atom is 0.244 e. The van der Waals surface area contributed by atoms with Gasteiger partial charge in [0.05, 0.1) is 11.0 Å². The van der Waals surface area contributed by atoms with Gasteiger partial charge >= 0.3 is 0 Å². The number of hydrogen-bond donors (Lipinski definition) is 0. The van der Waals surface area contributed by atoms with Gasteiger partial charge in [0.25, 0.3) is 0 Å². The van der Waals surface area contributed by atoms with Crippen LogP contribution in [0, 0.1) is 23.0 Å². The van der Waals surface area contributed by atoms with Gasteiger partial charge < -0.3 is 0 Å². The predicted octanol–water partition coefficient (Wildman–Crippen LogP) is 1.64. The molecule has 0 radical (unpaired) electrons. The molecule has 0 spiro atoms. The highest BCUT2D eigenvalue weighted by atomic mass is 32.2. The van der Waals surface area contributed by atoms with Crippen molar-refractivity contribution in [3.63, 3.8) is 0 Å². The van der Waals surface area contributed by atoms with Crippen LogP contribution in [0.4, 0.5) is 8.78 Å². The van der Waals surface area contributed by atoms with Crippen molar-refractivity contribution in [1.29, 1.82) is 5.26 Å². The Bertz CT molecular complexity index is 610. The van der Waals surface area contributed by atoms with Gasteiger partial charge in [0.2, 0.25) is 10.0 Å². The number of benzene rings is 1. The van der Waals surface area contributed by atoms with Crippen molar-refractivity contribution in [2.45, 2.75) is 23.8 Å². The minimum Gasteiger partial charge on any atom is -0.207 e. The van der Waals surface area contributed by atoms with E-state index >= 15 is 0 Å². The van der Waals surface area contributed by atoms with Crippen molar-refractivity contribution in [2.75, 3.05) is 6.54 Å². The van der Waals surface area contributed by atoms with Gasteiger partial charge in [-0.2, -0.15) is 9.57 Å². The van der Waals surface area contributed by atoms with Gasteiger partial charge in [-0.05, 0) is 31.0 Å². The largest absolute Gasteiger partial charge is 0.244 e. The molecule has 1 aromatic rings. The lowest BCUT2D eigenvalue weighted by atomic mass is 10.2. The third-order valence-corrected chi connectivity index (χ3v) is 4.75. The summed E-state index contributed by atoms with van der Waals surface area (Å²) in [7, 11) is -3.94. The normalized spacial score (nSPS) is 20.8. The van der Waals surface area contributed by atoms with Crippen LogP contribution < -0.4 is 0 Å². The summed E-state index contributed by atoms with van der Waals surface area (Å²) in [5.41, 5.74) is 0. The first-order valence-corrected chi connectivity index (χ1v) is 6.77. The van der Waals surface area contributed by atoms with E-state index < -0.39 is 27.7 Å². The number of halogens is 2. The van der Waals surface area contributed by atoms with Crippen LogP contribution in [0.25, 0.3) is 0 Å². The van der Waals surface area contributed by atoms with Crippen LogP contribution in [0.3, 0.4) is 0 Å². The van der Waals surface area contributed by atoms with Crippen molar-refractivity contribution < 1.29 is 17.2 Å². The maximum absolute atomic E-state index is 13.1. The van der Waals surface area contributed by atoms with Crippen LogP contribution in [-0.4, -0.2) is 25.3 Å². The molecule has 0 aromatic heterocycles. The Morgan fingerprint density at radius 2 is 2.06 bits per heavy atom. The molecule has 0 amide bonds. The van der Waals surface area contributed by atoms with Crippen molar-refractivity contribution in [3.8, 4) is 6.07 Å². The first kappa shape index (κ1) is 12.9. The summed E-state index contributed by atoms with van der Waals surface area (Å²) in [6.45, 7) is 0.222. The zero-order chi connectivity index (χ0) is 13.3. The standard InChI is InChI=1S/C11H10F2N2O2S/c12-10-4-3-9(6-11(10)13)18(16,17)15-5-1-2-8(15)7-14/h3-4,6,8H,1-2,5H2. The number of rotatable bonds is 2. The van der Waals surface area contributed by atoms with Crippen molar-refractivity contribution in [1.82, 2.24) is 4.31 Å². The third-order valence-electron chi connectivity index (χ3n) is 2.85. The fourth-order valence-corrected chi connectivity index (χ4v) is 3.55. The highest BCUT2D eigenvalue weighted by Crippen LogP contribution is 2.26. The smallest absolute Gasteiger partial charge is 0.207 e. The summed E-state index contributed by atoms with van der Waals surface area (Å²) in [4.78, 5) is -0.330. The SMILES string of the molecule is N#CC1CCCN1S(=O)(=O)c1ccc(F)c(F)c1. The molecule has 1 aromatic carbocycles. The van der Waals surface area contributed by atoms with Crippen LogP contribution in [0.1, 0.15) is 12.8 Å². The van der Waals surface area contributed by atoms with E-state index in [2.05, 4.69) is 0 Å². The van der Waals surface area contributed by atoms with E-state index in [0.717, 1.165) is 16.4 Å². The van der Waals surface area contributed by atoms with E-state index in [-0.39, 0.29) is 11.4 Å². The second-order valence-electron chi connectivity index (χ2n) is 3.98. The Kier molecular flexibility index (Phi) is 3.32. The predicted molar refractivity (Wildman–Crippen MR) is 58.9 cm³/mol. The average Bonchev–Trinajstić information content (AvgIpc) is 2.81. The van der Waals surface area contributed by atoms with Gasteiger partial charge in [-0.3, -0.25) is 0 Å². The fraction of sp³-hybridized carbons (Fsp3) is 0.364. The van der Waals surface area contributed by atoms with Crippen molar-refractivity contribution >= 4 is 10.0 Å². The minimum atomic E-state index is -3.94. The lowest BCUT2D eigenvalue weighted by molar-refractivity contribution is 0.436. The number of nitrogens with zero attached hydrogens (tertiary/aromatic N) is 2. The maximum atomic E-state index is 13.1. The Morgan fingerprint density at radius 1 is 1.33 bits per heavy atom. The molecular formula is C11H10F2N2O2S. The Labute approximate surface area is 103 Å². The fourth-order valence-electron chi connectivity index (χ4n) is 1.93. The summed E-state index contributed by atoms with van der Waals surface area (Å²) in [5, 5.41) is 8.86. The molecule has 1 atom stereocenters. The van der Waals surface area contributed by atoms with E-state index in [1.54, 1.807) is 0 Å². The lowest BCUT2D eigenvalue weighted by Crippen LogP contribution is -2.34. The highest BCUT2D eigenvalue weighted by Gasteiger charge is 2.35. The summed E-state index contributed by atoms with van der Waals surface area (Å²) in [6, 6.07) is 3.56. The topological polar surface area (TPSA) is 61.2 Å². The summed E-state index contributed by atoms with van der Waals surface area (Å²) in [5.74, 6) is -2.32. The zero-order valence-electron chi connectivity index (χ0n) is 9.31. The molecular weight excluding hydrogens is 262 g/mol. The summed E-state index contributed by atoms with van der Waals surface area (Å²) in [6.07, 6.45) is 1.04. The summed E-state index contributed by atoms with van der Waals surface area (Å²) >= 11 is 0. The van der Waals surface area contributed by atoms with Crippen LogP contribution in [0.5, 0.6) is 0 Å². The molecule has 1 saturated heterocycles. The lowest BCUT2D eigenvalue weighted by Gasteiger charge is -2.19. The molecule has 7 heteroatoms. The van der Waals surface area contributed by atoms with E-state index in [9.17, 15) is 17.2 Å². The van der Waals surface area contributed by atoms with E-state index in [1.165, 1.54) is 0 Å². The third kappa shape index (κ3) is 2.09. The Balaban J connectivity index is 2.42. The molecule has 18 heavy (non-hydrogen) atoms. The van der Waals surface area contributed by atoms with Crippen LogP contribution in [0.2, 0.25) is 0 Å². The van der Waals surface area contributed by atoms with Crippen molar-refractivity contribution in [3.05, 3.63) is 29.8 Å².